The third-order valence-electron chi connectivity index (χ3n) is 5.05. The van der Waals surface area contributed by atoms with E-state index in [2.05, 4.69) is 20.3 Å². The lowest BCUT2D eigenvalue weighted by Crippen LogP contribution is -2.26. The zero-order valence-corrected chi connectivity index (χ0v) is 20.2. The Balaban J connectivity index is 1.61. The lowest BCUT2D eigenvalue weighted by molar-refractivity contribution is -0.113. The van der Waals surface area contributed by atoms with Crippen molar-refractivity contribution in [3.05, 3.63) is 70.8 Å². The van der Waals surface area contributed by atoms with E-state index in [1.165, 1.54) is 31.2 Å². The van der Waals surface area contributed by atoms with Gasteiger partial charge < -0.3 is 19.5 Å². The van der Waals surface area contributed by atoms with Crippen LogP contribution in [0.1, 0.15) is 5.56 Å². The Morgan fingerprint density at radius 2 is 1.71 bits per heavy atom. The van der Waals surface area contributed by atoms with Gasteiger partial charge in [0.05, 0.1) is 33.6 Å². The van der Waals surface area contributed by atoms with Crippen LogP contribution in [0.3, 0.4) is 0 Å². The van der Waals surface area contributed by atoms with Crippen molar-refractivity contribution in [2.24, 2.45) is 0 Å². The average molecular weight is 494 g/mol. The molecule has 0 spiro atoms. The Hall–Kier alpha value is -4.12. The molecule has 35 heavy (non-hydrogen) atoms. The van der Waals surface area contributed by atoms with Gasteiger partial charge in [-0.2, -0.15) is 0 Å². The molecule has 180 valence electrons. The van der Waals surface area contributed by atoms with Crippen LogP contribution in [0.25, 0.3) is 11.2 Å². The van der Waals surface area contributed by atoms with Gasteiger partial charge in [-0.3, -0.25) is 14.2 Å². The molecular formula is C24H23N5O5S. The van der Waals surface area contributed by atoms with E-state index < -0.39 is 0 Å². The lowest BCUT2D eigenvalue weighted by atomic mass is 10.2. The van der Waals surface area contributed by atoms with Crippen LogP contribution in [0.5, 0.6) is 17.2 Å². The lowest BCUT2D eigenvalue weighted by Gasteiger charge is -2.14. The maximum absolute atomic E-state index is 13.3. The summed E-state index contributed by atoms with van der Waals surface area (Å²) >= 11 is 1.12. The van der Waals surface area contributed by atoms with E-state index >= 15 is 0 Å². The minimum atomic E-state index is -0.352. The number of amides is 1. The second-order valence-corrected chi connectivity index (χ2v) is 8.21. The Kier molecular flexibility index (Phi) is 7.46. The number of methoxy groups -OCH3 is 3. The molecule has 10 nitrogen and oxygen atoms in total. The minimum Gasteiger partial charge on any atom is -0.497 e. The molecule has 0 unspecified atom stereocenters. The molecule has 2 aromatic carbocycles. The summed E-state index contributed by atoms with van der Waals surface area (Å²) in [5.41, 5.74) is 1.33. The highest BCUT2D eigenvalue weighted by Gasteiger charge is 2.17. The molecule has 0 fully saturated rings. The maximum atomic E-state index is 13.3. The van der Waals surface area contributed by atoms with Gasteiger partial charge >= 0.3 is 0 Å². The number of benzene rings is 2. The third kappa shape index (κ3) is 5.52. The van der Waals surface area contributed by atoms with E-state index in [1.807, 2.05) is 24.3 Å². The number of aromatic nitrogens is 4. The Labute approximate surface area is 205 Å². The number of ether oxygens (including phenoxy) is 3. The molecule has 0 aliphatic rings. The average Bonchev–Trinajstić information content (AvgIpc) is 2.89. The Morgan fingerprint density at radius 1 is 1.00 bits per heavy atom. The van der Waals surface area contributed by atoms with E-state index in [1.54, 1.807) is 25.3 Å². The van der Waals surface area contributed by atoms with Crippen molar-refractivity contribution < 1.29 is 19.0 Å². The molecule has 0 aliphatic carbocycles. The molecule has 1 amide bonds. The second kappa shape index (κ2) is 10.9. The van der Waals surface area contributed by atoms with Crippen molar-refractivity contribution >= 4 is 34.5 Å². The molecule has 4 rings (SSSR count). The number of carbonyl (C=O) groups excluding carboxylic acids is 1. The first kappa shape index (κ1) is 24.0. The molecule has 0 atom stereocenters. The van der Waals surface area contributed by atoms with Gasteiger partial charge in [-0.1, -0.05) is 30.0 Å². The van der Waals surface area contributed by atoms with Crippen LogP contribution in [-0.2, 0) is 11.3 Å². The number of fused-ring (bicyclic) bond motifs is 1. The monoisotopic (exact) mass is 493 g/mol. The van der Waals surface area contributed by atoms with Gasteiger partial charge in [-0.25, -0.2) is 15.0 Å². The summed E-state index contributed by atoms with van der Waals surface area (Å²) in [6, 6.07) is 12.5. The smallest absolute Gasteiger partial charge is 0.282 e. The fourth-order valence-corrected chi connectivity index (χ4v) is 4.18. The van der Waals surface area contributed by atoms with E-state index in [9.17, 15) is 9.59 Å². The molecule has 0 bridgehead atoms. The summed E-state index contributed by atoms with van der Waals surface area (Å²) in [5.74, 6) is 1.45. The summed E-state index contributed by atoms with van der Waals surface area (Å²) in [7, 11) is 4.64. The largest absolute Gasteiger partial charge is 0.497 e. The summed E-state index contributed by atoms with van der Waals surface area (Å²) < 4.78 is 17.4. The first-order chi connectivity index (χ1) is 17.0. The van der Waals surface area contributed by atoms with Crippen molar-refractivity contribution in [1.82, 2.24) is 19.5 Å². The molecule has 0 aliphatic heterocycles. The Morgan fingerprint density at radius 3 is 2.43 bits per heavy atom. The van der Waals surface area contributed by atoms with Crippen LogP contribution in [0.2, 0.25) is 0 Å². The Bertz CT molecular complexity index is 1400. The maximum Gasteiger partial charge on any atom is 0.282 e. The van der Waals surface area contributed by atoms with Gasteiger partial charge in [0.15, 0.2) is 16.3 Å². The van der Waals surface area contributed by atoms with E-state index in [0.29, 0.717) is 28.1 Å². The number of hydrogen-bond donors (Lipinski definition) is 1. The SMILES string of the molecule is COc1cc(NC(=O)CSc2nc3nccnc3c(=O)n2Cc2ccccc2OC)cc(OC)c1. The zero-order chi connectivity index (χ0) is 24.8. The van der Waals surface area contributed by atoms with Crippen molar-refractivity contribution in [3.8, 4) is 17.2 Å². The van der Waals surface area contributed by atoms with Gasteiger partial charge in [0.1, 0.15) is 17.2 Å². The van der Waals surface area contributed by atoms with Gasteiger partial charge in [0, 0.05) is 41.8 Å². The number of nitrogens with zero attached hydrogens (tertiary/aromatic N) is 4. The fraction of sp³-hybridized carbons (Fsp3) is 0.208. The number of rotatable bonds is 9. The topological polar surface area (TPSA) is 117 Å². The molecular weight excluding hydrogens is 470 g/mol. The summed E-state index contributed by atoms with van der Waals surface area (Å²) in [4.78, 5) is 38.8. The number of hydrogen-bond acceptors (Lipinski definition) is 9. The number of carbonyl (C=O) groups is 1. The third-order valence-corrected chi connectivity index (χ3v) is 6.02. The van der Waals surface area contributed by atoms with Crippen LogP contribution in [0.15, 0.2) is 64.8 Å². The highest BCUT2D eigenvalue weighted by atomic mass is 32.2. The van der Waals surface area contributed by atoms with Crippen molar-refractivity contribution in [3.63, 3.8) is 0 Å². The van der Waals surface area contributed by atoms with Crippen LogP contribution in [-0.4, -0.2) is 52.5 Å². The zero-order valence-electron chi connectivity index (χ0n) is 19.3. The van der Waals surface area contributed by atoms with E-state index in [4.69, 9.17) is 14.2 Å². The molecule has 2 aromatic heterocycles. The second-order valence-electron chi connectivity index (χ2n) is 7.26. The van der Waals surface area contributed by atoms with Crippen molar-refractivity contribution in [2.45, 2.75) is 11.7 Å². The summed E-state index contributed by atoms with van der Waals surface area (Å²) in [5, 5.41) is 3.16. The molecule has 4 aromatic rings. The molecule has 11 heteroatoms. The highest BCUT2D eigenvalue weighted by molar-refractivity contribution is 7.99. The predicted molar refractivity (Wildman–Crippen MR) is 133 cm³/mol. The van der Waals surface area contributed by atoms with Gasteiger partial charge in [0.25, 0.3) is 5.56 Å². The van der Waals surface area contributed by atoms with Crippen LogP contribution in [0, 0.1) is 0 Å². The standard InChI is InChI=1S/C24H23N5O5S/c1-32-17-10-16(11-18(12-17)33-2)27-20(30)14-35-24-28-22-21(25-8-9-26-22)23(31)29(24)13-15-6-4-5-7-19(15)34-3/h4-12H,13-14H2,1-3H3,(H,27,30). The molecule has 0 saturated heterocycles. The first-order valence-electron chi connectivity index (χ1n) is 10.5. The van der Waals surface area contributed by atoms with Crippen LogP contribution < -0.4 is 25.1 Å². The van der Waals surface area contributed by atoms with E-state index in [-0.39, 0.29) is 34.9 Å². The minimum absolute atomic E-state index is 0.00363. The number of nitrogens with one attached hydrogen (secondary N) is 1. The highest BCUT2D eigenvalue weighted by Crippen LogP contribution is 2.26. The molecule has 1 N–H and O–H groups in total. The van der Waals surface area contributed by atoms with Gasteiger partial charge in [0.2, 0.25) is 5.91 Å². The number of para-hydroxylation sites is 1. The van der Waals surface area contributed by atoms with Gasteiger partial charge in [-0.05, 0) is 6.07 Å². The van der Waals surface area contributed by atoms with Crippen LogP contribution in [0.4, 0.5) is 5.69 Å². The summed E-state index contributed by atoms with van der Waals surface area (Å²) in [6.45, 7) is 0.194. The predicted octanol–water partition coefficient (Wildman–Crippen LogP) is 2.99. The summed E-state index contributed by atoms with van der Waals surface area (Å²) in [6.07, 6.45) is 2.91. The first-order valence-corrected chi connectivity index (χ1v) is 11.5. The molecule has 0 saturated carbocycles. The number of thioether (sulfide) groups is 1. The van der Waals surface area contributed by atoms with Gasteiger partial charge in [-0.15, -0.1) is 0 Å². The fourth-order valence-electron chi connectivity index (χ4n) is 3.39. The normalized spacial score (nSPS) is 10.7. The van der Waals surface area contributed by atoms with Crippen LogP contribution >= 0.6 is 11.8 Å². The van der Waals surface area contributed by atoms with Crippen molar-refractivity contribution in [1.29, 1.82) is 0 Å². The quantitative estimate of drug-likeness (QED) is 0.277. The molecule has 2 heterocycles. The van der Waals surface area contributed by atoms with Crippen molar-refractivity contribution in [2.75, 3.05) is 32.4 Å². The van der Waals surface area contributed by atoms with E-state index in [0.717, 1.165) is 17.3 Å². The molecule has 0 radical (unpaired) electrons. The number of anilines is 1.